The predicted octanol–water partition coefficient (Wildman–Crippen LogP) is 4.89. The Kier molecular flexibility index (Phi) is 14.5. The zero-order valence-electron chi connectivity index (χ0n) is 21.6. The van der Waals surface area contributed by atoms with E-state index in [-0.39, 0.29) is 21.3 Å². The van der Waals surface area contributed by atoms with Crippen molar-refractivity contribution in [3.8, 4) is 0 Å². The third-order valence-corrected chi connectivity index (χ3v) is 10.7. The minimum atomic E-state index is -0.907. The number of esters is 2. The Morgan fingerprint density at radius 3 is 1.30 bits per heavy atom. The van der Waals surface area contributed by atoms with Crippen molar-refractivity contribution in [3.63, 3.8) is 0 Å². The van der Waals surface area contributed by atoms with E-state index in [1.165, 1.54) is 37.7 Å². The molecular formula is C22H40N2O5S4. The summed E-state index contributed by atoms with van der Waals surface area (Å²) in [5, 5.41) is 0. The topological polar surface area (TPSA) is 84.0 Å². The Balaban J connectivity index is 4.79. The minimum absolute atomic E-state index is 0.0640. The summed E-state index contributed by atoms with van der Waals surface area (Å²) in [5.74, 6) is -1.99. The average molecular weight is 541 g/mol. The highest BCUT2D eigenvalue weighted by Crippen LogP contribution is 2.38. The fraction of sp³-hybridized carbons (Fsp3) is 0.818. The van der Waals surface area contributed by atoms with Crippen molar-refractivity contribution in [1.82, 2.24) is 9.80 Å². The van der Waals surface area contributed by atoms with Crippen LogP contribution >= 0.6 is 43.2 Å². The predicted molar refractivity (Wildman–Crippen MR) is 144 cm³/mol. The lowest BCUT2D eigenvalue weighted by molar-refractivity contribution is -0.168. The number of nitrogens with zero attached hydrogens (tertiary/aromatic N) is 2. The highest BCUT2D eigenvalue weighted by atomic mass is 33.1. The highest BCUT2D eigenvalue weighted by Gasteiger charge is 2.31. The van der Waals surface area contributed by atoms with Gasteiger partial charge in [0.05, 0.1) is 0 Å². The van der Waals surface area contributed by atoms with E-state index in [1.54, 1.807) is 43.2 Å². The van der Waals surface area contributed by atoms with Crippen molar-refractivity contribution >= 4 is 66.9 Å². The summed E-state index contributed by atoms with van der Waals surface area (Å²) in [6.45, 7) is 11.3. The first kappa shape index (κ1) is 32.5. The second-order valence-corrected chi connectivity index (χ2v) is 15.3. The molecule has 33 heavy (non-hydrogen) atoms. The number of hydrogen-bond donors (Lipinski definition) is 0. The number of hydrogen-bond acceptors (Lipinski definition) is 9. The van der Waals surface area contributed by atoms with Gasteiger partial charge in [-0.15, -0.1) is 0 Å². The van der Waals surface area contributed by atoms with E-state index < -0.39 is 24.0 Å². The van der Waals surface area contributed by atoms with Gasteiger partial charge in [-0.3, -0.25) is 9.59 Å². The van der Waals surface area contributed by atoms with E-state index >= 15 is 0 Å². The van der Waals surface area contributed by atoms with Crippen molar-refractivity contribution in [2.75, 3.05) is 26.6 Å². The maximum Gasteiger partial charge on any atom is 0.336 e. The van der Waals surface area contributed by atoms with Gasteiger partial charge < -0.3 is 14.5 Å². The van der Waals surface area contributed by atoms with Crippen LogP contribution in [-0.4, -0.2) is 81.7 Å². The summed E-state index contributed by atoms with van der Waals surface area (Å²) in [4.78, 5) is 52.6. The SMILES string of the molecule is CSSC(C)(C)CCC(=O)N(C)[C@H](C)C(=O)OC(=O)[C@H](C)N(C)C(=O)CCC(C)(C)SSC. The molecule has 0 unspecified atom stereocenters. The molecule has 0 aliphatic carbocycles. The molecule has 0 aromatic rings. The summed E-state index contributed by atoms with van der Waals surface area (Å²) >= 11 is 0. The molecule has 11 heteroatoms. The molecule has 7 nitrogen and oxygen atoms in total. The summed E-state index contributed by atoms with van der Waals surface area (Å²) in [6.07, 6.45) is 5.90. The van der Waals surface area contributed by atoms with E-state index in [9.17, 15) is 19.2 Å². The molecule has 0 N–H and O–H groups in total. The van der Waals surface area contributed by atoms with Crippen LogP contribution in [0.3, 0.4) is 0 Å². The van der Waals surface area contributed by atoms with Crippen LogP contribution in [0.1, 0.15) is 67.2 Å². The van der Waals surface area contributed by atoms with Crippen LogP contribution in [0.2, 0.25) is 0 Å². The first-order valence-corrected chi connectivity index (χ1v) is 15.9. The first-order valence-electron chi connectivity index (χ1n) is 10.8. The maximum absolute atomic E-state index is 12.5. The van der Waals surface area contributed by atoms with Crippen molar-refractivity contribution in [2.45, 2.75) is 88.8 Å². The average Bonchev–Trinajstić information content (AvgIpc) is 2.73. The Bertz CT molecular complexity index is 632. The zero-order valence-corrected chi connectivity index (χ0v) is 24.8. The van der Waals surface area contributed by atoms with Gasteiger partial charge in [-0.05, 0) is 66.9 Å². The Morgan fingerprint density at radius 1 is 0.727 bits per heavy atom. The number of likely N-dealkylation sites (N-methyl/N-ethyl adjacent to an activating group) is 2. The molecule has 0 saturated carbocycles. The number of carbonyl (C=O) groups is 4. The molecule has 0 bridgehead atoms. The molecular weight excluding hydrogens is 501 g/mol. The van der Waals surface area contributed by atoms with Crippen LogP contribution in [0.25, 0.3) is 0 Å². The molecule has 0 aliphatic heterocycles. The molecule has 2 atom stereocenters. The van der Waals surface area contributed by atoms with Gasteiger partial charge in [0.2, 0.25) is 11.8 Å². The number of carbonyl (C=O) groups excluding carboxylic acids is 4. The van der Waals surface area contributed by atoms with Crippen LogP contribution in [0.5, 0.6) is 0 Å². The molecule has 0 heterocycles. The van der Waals surface area contributed by atoms with Crippen LogP contribution in [-0.2, 0) is 23.9 Å². The van der Waals surface area contributed by atoms with E-state index in [2.05, 4.69) is 27.7 Å². The van der Waals surface area contributed by atoms with Gasteiger partial charge in [-0.2, -0.15) is 0 Å². The third kappa shape index (κ3) is 12.1. The molecule has 0 aromatic heterocycles. The summed E-state index contributed by atoms with van der Waals surface area (Å²) in [7, 11) is 9.76. The van der Waals surface area contributed by atoms with Gasteiger partial charge in [0.15, 0.2) is 0 Å². The van der Waals surface area contributed by atoms with Crippen molar-refractivity contribution in [3.05, 3.63) is 0 Å². The molecule has 0 spiro atoms. The van der Waals surface area contributed by atoms with Gasteiger partial charge >= 0.3 is 11.9 Å². The molecule has 0 aromatic carbocycles. The van der Waals surface area contributed by atoms with Crippen molar-refractivity contribution in [2.24, 2.45) is 0 Å². The zero-order chi connectivity index (χ0) is 26.0. The van der Waals surface area contributed by atoms with Crippen LogP contribution in [0, 0.1) is 0 Å². The fourth-order valence-electron chi connectivity index (χ4n) is 2.72. The Hall–Kier alpha value is -0.520. The minimum Gasteiger partial charge on any atom is -0.390 e. The number of ether oxygens (including phenoxy) is 1. The standard InChI is InChI=1S/C22H40N2O5S4/c1-15(23(7)17(25)11-13-21(3,4)32-30-9)19(27)29-20(28)16(2)24(8)18(26)12-14-22(5,6)33-31-10/h15-16H,11-14H2,1-10H3/t15-,16+. The lowest BCUT2D eigenvalue weighted by Crippen LogP contribution is -2.46. The molecule has 192 valence electrons. The summed E-state index contributed by atoms with van der Waals surface area (Å²) in [6, 6.07) is -1.81. The van der Waals surface area contributed by atoms with E-state index in [0.717, 1.165) is 0 Å². The van der Waals surface area contributed by atoms with Gasteiger partial charge in [-0.25, -0.2) is 9.59 Å². The van der Waals surface area contributed by atoms with E-state index in [1.807, 2.05) is 12.5 Å². The number of amides is 2. The summed E-state index contributed by atoms with van der Waals surface area (Å²) < 4.78 is 4.88. The smallest absolute Gasteiger partial charge is 0.336 e. The van der Waals surface area contributed by atoms with Crippen LogP contribution in [0.4, 0.5) is 0 Å². The Labute approximate surface area is 215 Å². The molecule has 0 saturated heterocycles. The van der Waals surface area contributed by atoms with Crippen molar-refractivity contribution < 1.29 is 23.9 Å². The van der Waals surface area contributed by atoms with E-state index in [4.69, 9.17) is 4.74 Å². The number of rotatable bonds is 14. The van der Waals surface area contributed by atoms with E-state index in [0.29, 0.717) is 25.7 Å². The van der Waals surface area contributed by atoms with Crippen LogP contribution in [0.15, 0.2) is 0 Å². The summed E-state index contributed by atoms with van der Waals surface area (Å²) in [5.41, 5.74) is 0. The fourth-order valence-corrected chi connectivity index (χ4v) is 7.20. The normalized spacial score (nSPS) is 13.8. The molecule has 0 rings (SSSR count). The second kappa shape index (κ2) is 14.8. The van der Waals surface area contributed by atoms with Crippen molar-refractivity contribution in [1.29, 1.82) is 0 Å². The largest absolute Gasteiger partial charge is 0.390 e. The monoisotopic (exact) mass is 540 g/mol. The first-order chi connectivity index (χ1) is 15.1. The van der Waals surface area contributed by atoms with Gasteiger partial charge in [-0.1, -0.05) is 43.2 Å². The Morgan fingerprint density at radius 2 is 1.03 bits per heavy atom. The molecule has 2 amide bonds. The third-order valence-electron chi connectivity index (χ3n) is 5.33. The molecule has 0 fully saturated rings. The van der Waals surface area contributed by atoms with Gasteiger partial charge in [0.1, 0.15) is 12.1 Å². The van der Waals surface area contributed by atoms with Gasteiger partial charge in [0, 0.05) is 36.4 Å². The molecule has 0 aliphatic rings. The lowest BCUT2D eigenvalue weighted by Gasteiger charge is -2.28. The van der Waals surface area contributed by atoms with Crippen LogP contribution < -0.4 is 0 Å². The second-order valence-electron chi connectivity index (χ2n) is 9.12. The van der Waals surface area contributed by atoms with Gasteiger partial charge in [0.25, 0.3) is 0 Å². The molecule has 0 radical (unpaired) electrons. The maximum atomic E-state index is 12.5. The highest BCUT2D eigenvalue weighted by molar-refractivity contribution is 8.77. The lowest BCUT2D eigenvalue weighted by atomic mass is 10.1. The quantitative estimate of drug-likeness (QED) is 0.174.